The van der Waals surface area contributed by atoms with Crippen LogP contribution in [0.3, 0.4) is 0 Å². The van der Waals surface area contributed by atoms with Crippen LogP contribution >= 0.6 is 0 Å². The van der Waals surface area contributed by atoms with Gasteiger partial charge in [0.05, 0.1) is 24.8 Å². The molecule has 33 heavy (non-hydrogen) atoms. The molecule has 4 heterocycles. The SMILES string of the molecule is O=C(NCCN1CCOCC1)c1nc(C2CCCN2C(=O)c2ccccc2)n2ccccc12. The van der Waals surface area contributed by atoms with Crippen LogP contribution in [-0.4, -0.2) is 76.9 Å². The summed E-state index contributed by atoms with van der Waals surface area (Å²) >= 11 is 0. The highest BCUT2D eigenvalue weighted by Crippen LogP contribution is 2.33. The molecule has 2 aliphatic rings. The summed E-state index contributed by atoms with van der Waals surface area (Å²) in [6.45, 7) is 5.28. The third-order valence-corrected chi connectivity index (χ3v) is 6.44. The van der Waals surface area contributed by atoms with Crippen LogP contribution in [0.15, 0.2) is 54.7 Å². The van der Waals surface area contributed by atoms with Crippen molar-refractivity contribution in [3.63, 3.8) is 0 Å². The van der Waals surface area contributed by atoms with Crippen molar-refractivity contribution in [1.29, 1.82) is 0 Å². The van der Waals surface area contributed by atoms with E-state index in [-0.39, 0.29) is 17.9 Å². The zero-order valence-electron chi connectivity index (χ0n) is 18.7. The number of ether oxygens (including phenoxy) is 1. The van der Waals surface area contributed by atoms with E-state index < -0.39 is 0 Å². The number of amides is 2. The second-order valence-corrected chi connectivity index (χ2v) is 8.51. The van der Waals surface area contributed by atoms with Crippen LogP contribution in [0.25, 0.3) is 5.52 Å². The van der Waals surface area contributed by atoms with Gasteiger partial charge in [0, 0.05) is 44.5 Å². The summed E-state index contributed by atoms with van der Waals surface area (Å²) in [5.41, 5.74) is 1.84. The summed E-state index contributed by atoms with van der Waals surface area (Å²) in [6.07, 6.45) is 3.66. The first-order valence-electron chi connectivity index (χ1n) is 11.6. The van der Waals surface area contributed by atoms with Gasteiger partial charge in [-0.05, 0) is 37.1 Å². The number of imidazole rings is 1. The molecule has 8 nitrogen and oxygen atoms in total. The number of benzene rings is 1. The molecule has 8 heteroatoms. The van der Waals surface area contributed by atoms with E-state index in [4.69, 9.17) is 9.72 Å². The molecule has 2 aromatic heterocycles. The molecule has 2 aliphatic heterocycles. The molecule has 5 rings (SSSR count). The fraction of sp³-hybridized carbons (Fsp3) is 0.400. The molecule has 1 N–H and O–H groups in total. The van der Waals surface area contributed by atoms with Crippen LogP contribution in [0.4, 0.5) is 0 Å². The summed E-state index contributed by atoms with van der Waals surface area (Å²) in [5, 5.41) is 3.02. The molecule has 1 unspecified atom stereocenters. The number of morpholine rings is 1. The maximum atomic E-state index is 13.2. The maximum Gasteiger partial charge on any atom is 0.272 e. The Morgan fingerprint density at radius 3 is 2.64 bits per heavy atom. The molecule has 1 aromatic carbocycles. The largest absolute Gasteiger partial charge is 0.379 e. The van der Waals surface area contributed by atoms with Crippen molar-refractivity contribution in [3.05, 3.63) is 71.8 Å². The third-order valence-electron chi connectivity index (χ3n) is 6.44. The van der Waals surface area contributed by atoms with Gasteiger partial charge in [-0.25, -0.2) is 4.98 Å². The average molecular weight is 448 g/mol. The first-order valence-corrected chi connectivity index (χ1v) is 11.6. The Morgan fingerprint density at radius 2 is 1.82 bits per heavy atom. The highest BCUT2D eigenvalue weighted by atomic mass is 16.5. The molecule has 1 atom stereocenters. The van der Waals surface area contributed by atoms with Crippen molar-refractivity contribution < 1.29 is 14.3 Å². The Balaban J connectivity index is 1.36. The first kappa shape index (κ1) is 21.6. The van der Waals surface area contributed by atoms with Gasteiger partial charge in [-0.2, -0.15) is 0 Å². The normalized spacial score (nSPS) is 19.2. The number of rotatable bonds is 6. The molecule has 0 aliphatic carbocycles. The van der Waals surface area contributed by atoms with Crippen LogP contribution in [0.2, 0.25) is 0 Å². The Hall–Kier alpha value is -3.23. The summed E-state index contributed by atoms with van der Waals surface area (Å²) in [4.78, 5) is 35.2. The van der Waals surface area contributed by atoms with Crippen LogP contribution < -0.4 is 5.32 Å². The van der Waals surface area contributed by atoms with E-state index in [1.807, 2.05) is 64.0 Å². The predicted octanol–water partition coefficient (Wildman–Crippen LogP) is 2.37. The monoisotopic (exact) mass is 447 g/mol. The lowest BCUT2D eigenvalue weighted by Crippen LogP contribution is -2.41. The van der Waals surface area contributed by atoms with E-state index in [1.165, 1.54) is 0 Å². The van der Waals surface area contributed by atoms with Crippen LogP contribution in [0, 0.1) is 0 Å². The molecule has 0 bridgehead atoms. The topological polar surface area (TPSA) is 79.2 Å². The molecule has 0 saturated carbocycles. The smallest absolute Gasteiger partial charge is 0.272 e. The van der Waals surface area contributed by atoms with Crippen LogP contribution in [0.5, 0.6) is 0 Å². The highest BCUT2D eigenvalue weighted by Gasteiger charge is 2.34. The van der Waals surface area contributed by atoms with E-state index in [9.17, 15) is 9.59 Å². The summed E-state index contributed by atoms with van der Waals surface area (Å²) in [6, 6.07) is 14.9. The lowest BCUT2D eigenvalue weighted by molar-refractivity contribution is 0.0383. The van der Waals surface area contributed by atoms with Gasteiger partial charge in [-0.3, -0.25) is 14.5 Å². The standard InChI is InChI=1S/C25H29N5O3/c31-24(26-11-14-28-15-17-33-18-16-28)22-20-9-4-5-12-29(20)23(27-22)21-10-6-13-30(21)25(32)19-7-2-1-3-8-19/h1-5,7-9,12,21H,6,10-11,13-18H2,(H,26,31). The van der Waals surface area contributed by atoms with Crippen molar-refractivity contribution in [2.24, 2.45) is 0 Å². The molecule has 2 fully saturated rings. The van der Waals surface area contributed by atoms with Crippen LogP contribution in [-0.2, 0) is 4.74 Å². The zero-order chi connectivity index (χ0) is 22.6. The quantitative estimate of drug-likeness (QED) is 0.628. The van der Waals surface area contributed by atoms with Gasteiger partial charge < -0.3 is 19.4 Å². The Morgan fingerprint density at radius 1 is 1.03 bits per heavy atom. The second-order valence-electron chi connectivity index (χ2n) is 8.51. The van der Waals surface area contributed by atoms with E-state index in [0.29, 0.717) is 24.3 Å². The fourth-order valence-electron chi connectivity index (χ4n) is 4.72. The number of likely N-dealkylation sites (tertiary alicyclic amines) is 1. The van der Waals surface area contributed by atoms with Gasteiger partial charge in [0.25, 0.3) is 11.8 Å². The minimum Gasteiger partial charge on any atom is -0.379 e. The van der Waals surface area contributed by atoms with Gasteiger partial charge in [0.15, 0.2) is 5.69 Å². The lowest BCUT2D eigenvalue weighted by atomic mass is 10.1. The molecule has 172 valence electrons. The summed E-state index contributed by atoms with van der Waals surface area (Å²) < 4.78 is 7.34. The van der Waals surface area contributed by atoms with Gasteiger partial charge in [-0.15, -0.1) is 0 Å². The van der Waals surface area contributed by atoms with E-state index in [2.05, 4.69) is 10.2 Å². The van der Waals surface area contributed by atoms with Crippen LogP contribution in [0.1, 0.15) is 45.6 Å². The first-order chi connectivity index (χ1) is 16.2. The number of hydrogen-bond acceptors (Lipinski definition) is 5. The Bertz CT molecular complexity index is 1120. The zero-order valence-corrected chi connectivity index (χ0v) is 18.7. The molecule has 2 amide bonds. The van der Waals surface area contributed by atoms with Gasteiger partial charge in [0.1, 0.15) is 5.82 Å². The minimum absolute atomic E-state index is 0.00212. The number of aromatic nitrogens is 2. The number of fused-ring (bicyclic) bond motifs is 1. The molecule has 0 spiro atoms. The molecular formula is C25H29N5O3. The molecule has 2 saturated heterocycles. The van der Waals surface area contributed by atoms with Crippen molar-refractivity contribution >= 4 is 17.3 Å². The van der Waals surface area contributed by atoms with Gasteiger partial charge in [-0.1, -0.05) is 24.3 Å². The predicted molar refractivity (Wildman–Crippen MR) is 124 cm³/mol. The average Bonchev–Trinajstić information content (AvgIpc) is 3.50. The van der Waals surface area contributed by atoms with Gasteiger partial charge >= 0.3 is 0 Å². The Labute approximate surface area is 193 Å². The van der Waals surface area contributed by atoms with Crippen molar-refractivity contribution in [3.8, 4) is 0 Å². The number of pyridine rings is 1. The highest BCUT2D eigenvalue weighted by molar-refractivity contribution is 5.99. The number of hydrogen-bond donors (Lipinski definition) is 1. The molecule has 3 aromatic rings. The number of nitrogens with zero attached hydrogens (tertiary/aromatic N) is 4. The lowest BCUT2D eigenvalue weighted by Gasteiger charge is -2.26. The minimum atomic E-state index is -0.183. The summed E-state index contributed by atoms with van der Waals surface area (Å²) in [7, 11) is 0. The van der Waals surface area contributed by atoms with E-state index in [1.54, 1.807) is 0 Å². The number of nitrogens with one attached hydrogen (secondary N) is 1. The fourth-order valence-corrected chi connectivity index (χ4v) is 4.72. The van der Waals surface area contributed by atoms with Gasteiger partial charge in [0.2, 0.25) is 0 Å². The van der Waals surface area contributed by atoms with Crippen molar-refractivity contribution in [1.82, 2.24) is 24.5 Å². The van der Waals surface area contributed by atoms with E-state index >= 15 is 0 Å². The molecular weight excluding hydrogens is 418 g/mol. The van der Waals surface area contributed by atoms with Crippen molar-refractivity contribution in [2.45, 2.75) is 18.9 Å². The third kappa shape index (κ3) is 4.49. The molecule has 0 radical (unpaired) electrons. The van der Waals surface area contributed by atoms with E-state index in [0.717, 1.165) is 57.0 Å². The van der Waals surface area contributed by atoms with Crippen molar-refractivity contribution in [2.75, 3.05) is 45.9 Å². The second kappa shape index (κ2) is 9.72. The Kier molecular flexibility index (Phi) is 6.37. The number of carbonyl (C=O) groups is 2. The maximum absolute atomic E-state index is 13.2. The number of carbonyl (C=O) groups excluding carboxylic acids is 2. The summed E-state index contributed by atoms with van der Waals surface area (Å²) in [5.74, 6) is 0.560.